The Hall–Kier alpha value is -0.343. The summed E-state index contributed by atoms with van der Waals surface area (Å²) in [5.74, 6) is 0. The van der Waals surface area contributed by atoms with Crippen LogP contribution in [-0.4, -0.2) is 19.8 Å². The van der Waals surface area contributed by atoms with E-state index < -0.39 is 8.07 Å². The summed E-state index contributed by atoms with van der Waals surface area (Å²) in [4.78, 5) is 0. The molecule has 0 heterocycles. The van der Waals surface area contributed by atoms with Crippen molar-refractivity contribution in [1.82, 2.24) is 0 Å². The van der Waals surface area contributed by atoms with Gasteiger partial charge in [0.15, 0.2) is 0 Å². The molecule has 1 nitrogen and oxygen atoms in total. The third-order valence-corrected chi connectivity index (χ3v) is 2.30. The van der Waals surface area contributed by atoms with Gasteiger partial charge in [-0.15, -0.1) is 0 Å². The zero-order chi connectivity index (χ0) is 8.20. The van der Waals surface area contributed by atoms with E-state index in [4.69, 9.17) is 5.11 Å². The normalized spacial score (nSPS) is 13.4. The molecule has 0 saturated heterocycles. The maximum atomic E-state index is 8.77. The van der Waals surface area contributed by atoms with Gasteiger partial charge >= 0.3 is 0 Å². The minimum atomic E-state index is -1.16. The molecule has 0 aromatic heterocycles. The molecule has 0 radical (unpaired) electrons. The Morgan fingerprint density at radius 3 is 2.10 bits per heavy atom. The van der Waals surface area contributed by atoms with Gasteiger partial charge in [0.2, 0.25) is 0 Å². The molecular formula is C8H16OSi. The van der Waals surface area contributed by atoms with Gasteiger partial charge < -0.3 is 5.11 Å². The summed E-state index contributed by atoms with van der Waals surface area (Å²) in [7, 11) is -1.16. The predicted molar refractivity (Wildman–Crippen MR) is 48.7 cm³/mol. The molecule has 0 aliphatic heterocycles. The molecule has 0 rings (SSSR count). The molecule has 0 aromatic rings. The summed E-state index contributed by atoms with van der Waals surface area (Å²) in [6, 6.07) is 0. The van der Waals surface area contributed by atoms with E-state index in [1.54, 1.807) is 6.08 Å². The van der Waals surface area contributed by atoms with E-state index in [1.165, 1.54) is 0 Å². The molecule has 0 fully saturated rings. The van der Waals surface area contributed by atoms with Crippen molar-refractivity contribution in [3.05, 3.63) is 23.9 Å². The van der Waals surface area contributed by atoms with Crippen LogP contribution in [0.2, 0.25) is 19.6 Å². The van der Waals surface area contributed by atoms with E-state index in [9.17, 15) is 0 Å². The molecule has 58 valence electrons. The predicted octanol–water partition coefficient (Wildman–Crippen LogP) is 1.97. The number of rotatable bonds is 3. The second-order valence-electron chi connectivity index (χ2n) is 3.45. The van der Waals surface area contributed by atoms with Crippen molar-refractivity contribution in [3.63, 3.8) is 0 Å². The van der Waals surface area contributed by atoms with Gasteiger partial charge in [-0.3, -0.25) is 0 Å². The second kappa shape index (κ2) is 3.74. The summed E-state index contributed by atoms with van der Waals surface area (Å²) < 4.78 is 0. The molecule has 10 heavy (non-hydrogen) atoms. The zero-order valence-electron chi connectivity index (χ0n) is 7.02. The van der Waals surface area contributed by atoms with E-state index >= 15 is 0 Å². The van der Waals surface area contributed by atoms with Crippen molar-refractivity contribution in [2.24, 2.45) is 0 Å². The van der Waals surface area contributed by atoms with Crippen LogP contribution in [-0.2, 0) is 0 Å². The van der Waals surface area contributed by atoms with E-state index in [-0.39, 0.29) is 6.61 Å². The lowest BCUT2D eigenvalue weighted by Gasteiger charge is -2.10. The van der Waals surface area contributed by atoms with Gasteiger partial charge in [0.25, 0.3) is 0 Å². The van der Waals surface area contributed by atoms with E-state index in [0.717, 1.165) is 5.57 Å². The summed E-state index contributed by atoms with van der Waals surface area (Å²) >= 11 is 0. The van der Waals surface area contributed by atoms with E-state index in [0.29, 0.717) is 0 Å². The molecule has 0 aliphatic carbocycles. The fraction of sp³-hybridized carbons (Fsp3) is 0.500. The van der Waals surface area contributed by atoms with Crippen LogP contribution in [0.5, 0.6) is 0 Å². The van der Waals surface area contributed by atoms with Crippen molar-refractivity contribution in [1.29, 1.82) is 0 Å². The molecule has 0 bridgehead atoms. The zero-order valence-corrected chi connectivity index (χ0v) is 8.02. The van der Waals surface area contributed by atoms with Crippen LogP contribution < -0.4 is 0 Å². The molecule has 2 heteroatoms. The maximum absolute atomic E-state index is 8.77. The lowest BCUT2D eigenvalue weighted by atomic mass is 10.3. The van der Waals surface area contributed by atoms with E-state index in [2.05, 4.69) is 31.9 Å². The van der Waals surface area contributed by atoms with E-state index in [1.807, 2.05) is 0 Å². The Morgan fingerprint density at radius 2 is 2.00 bits per heavy atom. The van der Waals surface area contributed by atoms with Gasteiger partial charge in [0.1, 0.15) is 0 Å². The first kappa shape index (κ1) is 9.66. The molecule has 0 spiro atoms. The largest absolute Gasteiger partial charge is 0.392 e. The summed E-state index contributed by atoms with van der Waals surface area (Å²) in [6.07, 6.45) is 1.72. The molecule has 0 unspecified atom stereocenters. The number of hydrogen-bond donors (Lipinski definition) is 1. The lowest BCUT2D eigenvalue weighted by molar-refractivity contribution is 0.335. The highest BCUT2D eigenvalue weighted by Crippen LogP contribution is 2.06. The minimum absolute atomic E-state index is 0.119. The van der Waals surface area contributed by atoms with Crippen molar-refractivity contribution in [3.8, 4) is 0 Å². The third-order valence-electron chi connectivity index (χ3n) is 1.06. The molecule has 0 saturated carbocycles. The molecule has 0 amide bonds. The van der Waals surface area contributed by atoms with Crippen LogP contribution in [0.1, 0.15) is 0 Å². The lowest BCUT2D eigenvalue weighted by Crippen LogP contribution is -2.17. The standard InChI is InChI=1S/C8H16OSi/c1-5-8(6-9)7-10(2,3)4/h5,7,9H,1,6H2,2-4H3/b8-7-. The van der Waals surface area contributed by atoms with Crippen LogP contribution in [0.3, 0.4) is 0 Å². The first-order valence-corrected chi connectivity index (χ1v) is 7.02. The number of hydrogen-bond acceptors (Lipinski definition) is 1. The molecule has 0 aromatic carbocycles. The molecule has 0 aliphatic rings. The van der Waals surface area contributed by atoms with Crippen LogP contribution >= 0.6 is 0 Å². The number of aliphatic hydroxyl groups is 1. The fourth-order valence-corrected chi connectivity index (χ4v) is 2.05. The highest BCUT2D eigenvalue weighted by molar-refractivity contribution is 6.81. The Kier molecular flexibility index (Phi) is 3.61. The molecule has 1 N–H and O–H groups in total. The van der Waals surface area contributed by atoms with Gasteiger partial charge in [-0.05, 0) is 5.57 Å². The first-order chi connectivity index (χ1) is 4.49. The van der Waals surface area contributed by atoms with Gasteiger partial charge in [-0.25, -0.2) is 0 Å². The van der Waals surface area contributed by atoms with Crippen molar-refractivity contribution >= 4 is 8.07 Å². The topological polar surface area (TPSA) is 20.2 Å². The van der Waals surface area contributed by atoms with Crippen molar-refractivity contribution in [2.75, 3.05) is 6.61 Å². The Balaban J connectivity index is 4.24. The minimum Gasteiger partial charge on any atom is -0.392 e. The first-order valence-electron chi connectivity index (χ1n) is 3.44. The van der Waals surface area contributed by atoms with Crippen LogP contribution in [0.25, 0.3) is 0 Å². The Bertz CT molecular complexity index is 142. The summed E-state index contributed by atoms with van der Waals surface area (Å²) in [5.41, 5.74) is 3.11. The smallest absolute Gasteiger partial charge is 0.0691 e. The van der Waals surface area contributed by atoms with Gasteiger partial charge in [0.05, 0.1) is 14.7 Å². The van der Waals surface area contributed by atoms with Gasteiger partial charge in [-0.1, -0.05) is 38.0 Å². The maximum Gasteiger partial charge on any atom is 0.0691 e. The average Bonchev–Trinajstić information content (AvgIpc) is 1.81. The third kappa shape index (κ3) is 4.53. The van der Waals surface area contributed by atoms with Gasteiger partial charge in [0, 0.05) is 0 Å². The summed E-state index contributed by atoms with van der Waals surface area (Å²) in [6.45, 7) is 10.4. The highest BCUT2D eigenvalue weighted by atomic mass is 28.3. The monoisotopic (exact) mass is 156 g/mol. The Morgan fingerprint density at radius 1 is 1.50 bits per heavy atom. The van der Waals surface area contributed by atoms with Crippen molar-refractivity contribution in [2.45, 2.75) is 19.6 Å². The Labute approximate surface area is 64.1 Å². The highest BCUT2D eigenvalue weighted by Gasteiger charge is 2.08. The van der Waals surface area contributed by atoms with Crippen LogP contribution in [0, 0.1) is 0 Å². The van der Waals surface area contributed by atoms with Crippen LogP contribution in [0.4, 0.5) is 0 Å². The average molecular weight is 156 g/mol. The number of aliphatic hydroxyl groups excluding tert-OH is 1. The quantitative estimate of drug-likeness (QED) is 0.489. The molecular weight excluding hydrogens is 140 g/mol. The van der Waals surface area contributed by atoms with Crippen molar-refractivity contribution < 1.29 is 5.11 Å². The SMILES string of the molecule is C=C/C(=C/[Si](C)(C)C)CO. The second-order valence-corrected chi connectivity index (χ2v) is 8.47. The molecule has 0 atom stereocenters. The van der Waals surface area contributed by atoms with Crippen LogP contribution in [0.15, 0.2) is 23.9 Å². The fourth-order valence-electron chi connectivity index (χ4n) is 0.725. The summed E-state index contributed by atoms with van der Waals surface area (Å²) in [5, 5.41) is 8.77. The van der Waals surface area contributed by atoms with Gasteiger partial charge in [-0.2, -0.15) is 0 Å².